The molecule has 0 spiro atoms. The van der Waals surface area contributed by atoms with Gasteiger partial charge in [-0.3, -0.25) is 4.79 Å². The Morgan fingerprint density at radius 1 is 1.33 bits per heavy atom. The molecule has 0 bridgehead atoms. The summed E-state index contributed by atoms with van der Waals surface area (Å²) in [5.74, 6) is 0.140. The van der Waals surface area contributed by atoms with Crippen molar-refractivity contribution in [2.75, 3.05) is 11.9 Å². The fraction of sp³-hybridized carbons (Fsp3) is 0.353. The lowest BCUT2D eigenvalue weighted by Crippen LogP contribution is -2.19. The van der Waals surface area contributed by atoms with Gasteiger partial charge in [0, 0.05) is 17.3 Å². The van der Waals surface area contributed by atoms with Crippen molar-refractivity contribution in [2.24, 2.45) is 0 Å². The SMILES string of the molecule is CCCNC(C)c1cccc(NC(=O)c2occc2C)c1. The van der Waals surface area contributed by atoms with Crippen LogP contribution in [0, 0.1) is 6.92 Å². The van der Waals surface area contributed by atoms with Gasteiger partial charge in [0.05, 0.1) is 6.26 Å². The van der Waals surface area contributed by atoms with Crippen molar-refractivity contribution >= 4 is 11.6 Å². The highest BCUT2D eigenvalue weighted by molar-refractivity contribution is 6.03. The van der Waals surface area contributed by atoms with Crippen LogP contribution in [0.1, 0.15) is 48.0 Å². The number of amides is 1. The standard InChI is InChI=1S/C17H22N2O2/c1-4-9-18-13(3)14-6-5-7-15(11-14)19-17(20)16-12(2)8-10-21-16/h5-8,10-11,13,18H,4,9H2,1-3H3,(H,19,20). The van der Waals surface area contributed by atoms with E-state index < -0.39 is 0 Å². The van der Waals surface area contributed by atoms with E-state index in [9.17, 15) is 4.79 Å². The minimum Gasteiger partial charge on any atom is -0.459 e. The highest BCUT2D eigenvalue weighted by atomic mass is 16.3. The Kier molecular flexibility index (Phi) is 5.17. The lowest BCUT2D eigenvalue weighted by Gasteiger charge is -2.15. The second-order valence-corrected chi connectivity index (χ2v) is 5.19. The number of nitrogens with one attached hydrogen (secondary N) is 2. The third-order valence-corrected chi connectivity index (χ3v) is 3.41. The van der Waals surface area contributed by atoms with E-state index in [1.807, 2.05) is 25.1 Å². The molecule has 0 saturated carbocycles. The lowest BCUT2D eigenvalue weighted by molar-refractivity contribution is 0.0996. The van der Waals surface area contributed by atoms with Crippen molar-refractivity contribution in [3.05, 3.63) is 53.5 Å². The maximum absolute atomic E-state index is 12.1. The summed E-state index contributed by atoms with van der Waals surface area (Å²) in [5.41, 5.74) is 2.76. The Bertz CT molecular complexity index is 604. The van der Waals surface area contributed by atoms with Gasteiger partial charge in [-0.1, -0.05) is 19.1 Å². The van der Waals surface area contributed by atoms with Crippen LogP contribution in [0.25, 0.3) is 0 Å². The van der Waals surface area contributed by atoms with Crippen molar-refractivity contribution in [1.29, 1.82) is 0 Å². The molecular formula is C17H22N2O2. The number of hydrogen-bond acceptors (Lipinski definition) is 3. The molecule has 2 aromatic rings. The van der Waals surface area contributed by atoms with E-state index in [4.69, 9.17) is 4.42 Å². The summed E-state index contributed by atoms with van der Waals surface area (Å²) in [6.07, 6.45) is 2.62. The van der Waals surface area contributed by atoms with Gasteiger partial charge in [-0.05, 0) is 50.6 Å². The molecule has 2 N–H and O–H groups in total. The molecule has 0 radical (unpaired) electrons. The minimum atomic E-state index is -0.219. The summed E-state index contributed by atoms with van der Waals surface area (Å²) in [6, 6.07) is 9.91. The first-order chi connectivity index (χ1) is 10.1. The Labute approximate surface area is 125 Å². The van der Waals surface area contributed by atoms with Crippen LogP contribution in [0.2, 0.25) is 0 Å². The minimum absolute atomic E-state index is 0.219. The largest absolute Gasteiger partial charge is 0.459 e. The zero-order valence-corrected chi connectivity index (χ0v) is 12.8. The molecule has 2 rings (SSSR count). The van der Waals surface area contributed by atoms with Gasteiger partial charge in [-0.15, -0.1) is 0 Å². The molecule has 1 amide bonds. The van der Waals surface area contributed by atoms with Crippen molar-refractivity contribution in [3.8, 4) is 0 Å². The van der Waals surface area contributed by atoms with Crippen molar-refractivity contribution in [2.45, 2.75) is 33.2 Å². The van der Waals surface area contributed by atoms with Crippen molar-refractivity contribution in [1.82, 2.24) is 5.32 Å². The van der Waals surface area contributed by atoms with E-state index in [1.54, 1.807) is 6.07 Å². The Morgan fingerprint density at radius 3 is 2.81 bits per heavy atom. The molecule has 0 aliphatic rings. The van der Waals surface area contributed by atoms with Crippen LogP contribution in [-0.4, -0.2) is 12.5 Å². The van der Waals surface area contributed by atoms with E-state index in [0.717, 1.165) is 29.8 Å². The maximum atomic E-state index is 12.1. The summed E-state index contributed by atoms with van der Waals surface area (Å²) in [5, 5.41) is 6.31. The topological polar surface area (TPSA) is 54.3 Å². The number of aryl methyl sites for hydroxylation is 1. The predicted octanol–water partition coefficient (Wildman–Crippen LogP) is 3.90. The van der Waals surface area contributed by atoms with Gasteiger partial charge in [0.1, 0.15) is 0 Å². The fourth-order valence-corrected chi connectivity index (χ4v) is 2.16. The van der Waals surface area contributed by atoms with Gasteiger partial charge in [0.25, 0.3) is 5.91 Å². The molecule has 1 aromatic carbocycles. The van der Waals surface area contributed by atoms with Gasteiger partial charge in [-0.2, -0.15) is 0 Å². The first-order valence-electron chi connectivity index (χ1n) is 7.30. The lowest BCUT2D eigenvalue weighted by atomic mass is 10.1. The summed E-state index contributed by atoms with van der Waals surface area (Å²) in [4.78, 5) is 12.1. The van der Waals surface area contributed by atoms with Crippen LogP contribution >= 0.6 is 0 Å². The maximum Gasteiger partial charge on any atom is 0.291 e. The number of anilines is 1. The van der Waals surface area contributed by atoms with Crippen molar-refractivity contribution < 1.29 is 9.21 Å². The highest BCUT2D eigenvalue weighted by Gasteiger charge is 2.13. The molecule has 1 atom stereocenters. The number of benzene rings is 1. The molecule has 4 nitrogen and oxygen atoms in total. The first kappa shape index (κ1) is 15.3. The van der Waals surface area contributed by atoms with Crippen molar-refractivity contribution in [3.63, 3.8) is 0 Å². The van der Waals surface area contributed by atoms with Crippen LogP contribution in [-0.2, 0) is 0 Å². The fourth-order valence-electron chi connectivity index (χ4n) is 2.16. The Morgan fingerprint density at radius 2 is 2.14 bits per heavy atom. The normalized spacial score (nSPS) is 12.1. The summed E-state index contributed by atoms with van der Waals surface area (Å²) in [7, 11) is 0. The third kappa shape index (κ3) is 3.95. The molecule has 0 aliphatic heterocycles. The van der Waals surface area contributed by atoms with E-state index in [1.165, 1.54) is 6.26 Å². The quantitative estimate of drug-likeness (QED) is 0.846. The first-order valence-corrected chi connectivity index (χ1v) is 7.30. The zero-order valence-electron chi connectivity index (χ0n) is 12.8. The third-order valence-electron chi connectivity index (χ3n) is 3.41. The predicted molar refractivity (Wildman–Crippen MR) is 84.5 cm³/mol. The molecule has 1 unspecified atom stereocenters. The van der Waals surface area contributed by atoms with Gasteiger partial charge in [-0.25, -0.2) is 0 Å². The summed E-state index contributed by atoms with van der Waals surface area (Å²) < 4.78 is 5.20. The van der Waals surface area contributed by atoms with Crippen LogP contribution in [0.5, 0.6) is 0 Å². The van der Waals surface area contributed by atoms with Crippen LogP contribution < -0.4 is 10.6 Å². The smallest absolute Gasteiger partial charge is 0.291 e. The second kappa shape index (κ2) is 7.09. The van der Waals surface area contributed by atoms with Gasteiger partial charge >= 0.3 is 0 Å². The van der Waals surface area contributed by atoms with E-state index in [0.29, 0.717) is 5.76 Å². The number of carbonyl (C=O) groups excluding carboxylic acids is 1. The van der Waals surface area contributed by atoms with Crippen LogP contribution in [0.3, 0.4) is 0 Å². The molecule has 21 heavy (non-hydrogen) atoms. The van der Waals surface area contributed by atoms with Crippen LogP contribution in [0.4, 0.5) is 5.69 Å². The van der Waals surface area contributed by atoms with E-state index in [-0.39, 0.29) is 11.9 Å². The zero-order chi connectivity index (χ0) is 15.2. The molecular weight excluding hydrogens is 264 g/mol. The molecule has 112 valence electrons. The van der Waals surface area contributed by atoms with Gasteiger partial charge in [0.2, 0.25) is 0 Å². The van der Waals surface area contributed by atoms with E-state index >= 15 is 0 Å². The molecule has 0 saturated heterocycles. The average Bonchev–Trinajstić information content (AvgIpc) is 2.91. The average molecular weight is 286 g/mol. The molecule has 4 heteroatoms. The Balaban J connectivity index is 2.07. The second-order valence-electron chi connectivity index (χ2n) is 5.19. The Hall–Kier alpha value is -2.07. The molecule has 0 aliphatic carbocycles. The number of carbonyl (C=O) groups is 1. The monoisotopic (exact) mass is 286 g/mol. The number of rotatable bonds is 6. The molecule has 1 aromatic heterocycles. The van der Waals surface area contributed by atoms with Crippen LogP contribution in [0.15, 0.2) is 41.0 Å². The van der Waals surface area contributed by atoms with Gasteiger partial charge < -0.3 is 15.1 Å². The van der Waals surface area contributed by atoms with Gasteiger partial charge in [0.15, 0.2) is 5.76 Å². The van der Waals surface area contributed by atoms with E-state index in [2.05, 4.69) is 30.5 Å². The number of furan rings is 1. The highest BCUT2D eigenvalue weighted by Crippen LogP contribution is 2.19. The molecule has 1 heterocycles. The summed E-state index contributed by atoms with van der Waals surface area (Å²) in [6.45, 7) is 7.09. The summed E-state index contributed by atoms with van der Waals surface area (Å²) >= 11 is 0. The molecule has 0 fully saturated rings. The number of hydrogen-bond donors (Lipinski definition) is 2.